The Morgan fingerprint density at radius 1 is 1.38 bits per heavy atom. The summed E-state index contributed by atoms with van der Waals surface area (Å²) in [6, 6.07) is 7.61. The molecular weight excluding hydrogens is 286 g/mol. The number of hydrogen-bond donors (Lipinski definition) is 1. The van der Waals surface area contributed by atoms with Gasteiger partial charge in [0.05, 0.1) is 11.4 Å². The molecule has 4 heteroatoms. The summed E-state index contributed by atoms with van der Waals surface area (Å²) in [4.78, 5) is 11.7. The highest BCUT2D eigenvalue weighted by Gasteiger charge is 2.13. The lowest BCUT2D eigenvalue weighted by Crippen LogP contribution is -2.19. The van der Waals surface area contributed by atoms with Crippen LogP contribution in [-0.4, -0.2) is 16.4 Å². The molecule has 1 amide bonds. The van der Waals surface area contributed by atoms with E-state index in [-0.39, 0.29) is 10.7 Å². The number of para-hydroxylation sites is 1. The molecule has 0 aliphatic heterocycles. The lowest BCUT2D eigenvalue weighted by Gasteiger charge is -2.17. The molecule has 0 bridgehead atoms. The standard InChI is InChI=1S/C12H16BrNOS/c1-12(2,3)16-8-11(15)14-10-7-5-4-6-9(10)13/h4-7H,8H2,1-3H3,(H,14,15). The highest BCUT2D eigenvalue weighted by atomic mass is 79.9. The van der Waals surface area contributed by atoms with Gasteiger partial charge in [-0.1, -0.05) is 32.9 Å². The number of amides is 1. The van der Waals surface area contributed by atoms with E-state index in [9.17, 15) is 4.79 Å². The largest absolute Gasteiger partial charge is 0.324 e. The van der Waals surface area contributed by atoms with Gasteiger partial charge in [0.15, 0.2) is 0 Å². The van der Waals surface area contributed by atoms with Crippen LogP contribution in [0.4, 0.5) is 5.69 Å². The molecule has 0 atom stereocenters. The van der Waals surface area contributed by atoms with Crippen LogP contribution >= 0.6 is 27.7 Å². The first-order valence-corrected chi connectivity index (χ1v) is 6.85. The molecule has 0 fully saturated rings. The minimum atomic E-state index is 0.0341. The summed E-state index contributed by atoms with van der Waals surface area (Å²) >= 11 is 5.03. The molecule has 2 nitrogen and oxygen atoms in total. The zero-order valence-corrected chi connectivity index (χ0v) is 12.1. The van der Waals surface area contributed by atoms with E-state index in [0.717, 1.165) is 10.2 Å². The number of nitrogens with one attached hydrogen (secondary N) is 1. The Hall–Kier alpha value is -0.480. The van der Waals surface area contributed by atoms with Crippen molar-refractivity contribution in [3.8, 4) is 0 Å². The maximum Gasteiger partial charge on any atom is 0.234 e. The maximum absolute atomic E-state index is 11.7. The molecule has 0 radical (unpaired) electrons. The quantitative estimate of drug-likeness (QED) is 0.917. The van der Waals surface area contributed by atoms with E-state index in [1.807, 2.05) is 24.3 Å². The topological polar surface area (TPSA) is 29.1 Å². The van der Waals surface area contributed by atoms with Crippen molar-refractivity contribution in [2.75, 3.05) is 11.1 Å². The molecule has 0 saturated heterocycles. The summed E-state index contributed by atoms with van der Waals surface area (Å²) in [6.45, 7) is 6.30. The zero-order valence-electron chi connectivity index (χ0n) is 9.71. The Bertz CT molecular complexity index is 374. The van der Waals surface area contributed by atoms with Gasteiger partial charge >= 0.3 is 0 Å². The minimum Gasteiger partial charge on any atom is -0.324 e. The van der Waals surface area contributed by atoms with E-state index in [2.05, 4.69) is 42.0 Å². The Labute approximate surface area is 109 Å². The van der Waals surface area contributed by atoms with Crippen molar-refractivity contribution < 1.29 is 4.79 Å². The molecule has 1 aromatic rings. The van der Waals surface area contributed by atoms with Gasteiger partial charge < -0.3 is 5.32 Å². The lowest BCUT2D eigenvalue weighted by molar-refractivity contribution is -0.113. The van der Waals surface area contributed by atoms with E-state index >= 15 is 0 Å². The molecule has 0 heterocycles. The van der Waals surface area contributed by atoms with Crippen LogP contribution in [0.25, 0.3) is 0 Å². The van der Waals surface area contributed by atoms with E-state index in [0.29, 0.717) is 5.75 Å². The first-order chi connectivity index (χ1) is 7.38. The predicted molar refractivity (Wildman–Crippen MR) is 75.0 cm³/mol. The Kier molecular flexibility index (Phi) is 4.87. The van der Waals surface area contributed by atoms with Gasteiger partial charge in [0.2, 0.25) is 5.91 Å². The fourth-order valence-corrected chi connectivity index (χ4v) is 2.05. The molecule has 16 heavy (non-hydrogen) atoms. The number of thioether (sulfide) groups is 1. The van der Waals surface area contributed by atoms with E-state index in [4.69, 9.17) is 0 Å². The molecule has 0 saturated carbocycles. The predicted octanol–water partition coefficient (Wildman–Crippen LogP) is 3.92. The third kappa shape index (κ3) is 5.03. The molecule has 0 aromatic heterocycles. The number of rotatable bonds is 3. The first-order valence-electron chi connectivity index (χ1n) is 5.07. The number of carbonyl (C=O) groups is 1. The number of benzene rings is 1. The summed E-state index contributed by atoms with van der Waals surface area (Å²) in [5, 5.41) is 2.88. The van der Waals surface area contributed by atoms with Crippen LogP contribution in [0.2, 0.25) is 0 Å². The molecular formula is C12H16BrNOS. The molecule has 88 valence electrons. The summed E-state index contributed by atoms with van der Waals surface area (Å²) in [6.07, 6.45) is 0. The summed E-state index contributed by atoms with van der Waals surface area (Å²) in [5.41, 5.74) is 0.821. The first kappa shape index (κ1) is 13.6. The molecule has 0 aliphatic carbocycles. The van der Waals surface area contributed by atoms with Gasteiger partial charge in [-0.15, -0.1) is 11.8 Å². The minimum absolute atomic E-state index is 0.0341. The molecule has 1 N–H and O–H groups in total. The van der Waals surface area contributed by atoms with Gasteiger partial charge in [0.1, 0.15) is 0 Å². The Morgan fingerprint density at radius 3 is 2.56 bits per heavy atom. The van der Waals surface area contributed by atoms with Crippen LogP contribution < -0.4 is 5.32 Å². The van der Waals surface area contributed by atoms with Crippen LogP contribution in [0.3, 0.4) is 0 Å². The number of halogens is 1. The number of hydrogen-bond acceptors (Lipinski definition) is 2. The van der Waals surface area contributed by atoms with Crippen LogP contribution in [-0.2, 0) is 4.79 Å². The maximum atomic E-state index is 11.7. The average Bonchev–Trinajstić information content (AvgIpc) is 2.18. The van der Waals surface area contributed by atoms with Crippen molar-refractivity contribution in [1.29, 1.82) is 0 Å². The average molecular weight is 302 g/mol. The monoisotopic (exact) mass is 301 g/mol. The van der Waals surface area contributed by atoms with E-state index < -0.39 is 0 Å². The highest BCUT2D eigenvalue weighted by molar-refractivity contribution is 9.10. The molecule has 0 aliphatic rings. The Balaban J connectivity index is 2.50. The van der Waals surface area contributed by atoms with Crippen molar-refractivity contribution >= 4 is 39.3 Å². The van der Waals surface area contributed by atoms with Crippen molar-refractivity contribution in [2.24, 2.45) is 0 Å². The van der Waals surface area contributed by atoms with Crippen molar-refractivity contribution in [2.45, 2.75) is 25.5 Å². The van der Waals surface area contributed by atoms with Gasteiger partial charge in [-0.05, 0) is 28.1 Å². The van der Waals surface area contributed by atoms with Gasteiger partial charge in [0.25, 0.3) is 0 Å². The van der Waals surface area contributed by atoms with Crippen molar-refractivity contribution in [3.05, 3.63) is 28.7 Å². The lowest BCUT2D eigenvalue weighted by atomic mass is 10.3. The highest BCUT2D eigenvalue weighted by Crippen LogP contribution is 2.24. The second-order valence-electron chi connectivity index (χ2n) is 4.43. The molecule has 0 unspecified atom stereocenters. The third-order valence-corrected chi connectivity index (χ3v) is 3.75. The second-order valence-corrected chi connectivity index (χ2v) is 7.09. The SMILES string of the molecule is CC(C)(C)SCC(=O)Nc1ccccc1Br. The van der Waals surface area contributed by atoms with Crippen LogP contribution in [0.15, 0.2) is 28.7 Å². The fourth-order valence-electron chi connectivity index (χ4n) is 1.03. The normalized spacial score (nSPS) is 11.2. The summed E-state index contributed by atoms with van der Waals surface area (Å²) < 4.78 is 1.02. The Morgan fingerprint density at radius 2 is 2.00 bits per heavy atom. The van der Waals surface area contributed by atoms with Crippen molar-refractivity contribution in [3.63, 3.8) is 0 Å². The molecule has 0 spiro atoms. The summed E-state index contributed by atoms with van der Waals surface area (Å²) in [7, 11) is 0. The molecule has 1 rings (SSSR count). The van der Waals surface area contributed by atoms with E-state index in [1.54, 1.807) is 11.8 Å². The second kappa shape index (κ2) is 5.73. The van der Waals surface area contributed by atoms with Gasteiger partial charge in [-0.25, -0.2) is 0 Å². The smallest absolute Gasteiger partial charge is 0.234 e. The number of anilines is 1. The fraction of sp³-hybridized carbons (Fsp3) is 0.417. The summed E-state index contributed by atoms with van der Waals surface area (Å²) in [5.74, 6) is 0.511. The van der Waals surface area contributed by atoms with Crippen LogP contribution in [0.1, 0.15) is 20.8 Å². The van der Waals surface area contributed by atoms with Crippen LogP contribution in [0.5, 0.6) is 0 Å². The third-order valence-electron chi connectivity index (χ3n) is 1.78. The molecule has 1 aromatic carbocycles. The number of carbonyl (C=O) groups excluding carboxylic acids is 1. The van der Waals surface area contributed by atoms with Gasteiger partial charge in [0, 0.05) is 9.22 Å². The zero-order chi connectivity index (χ0) is 12.2. The van der Waals surface area contributed by atoms with Gasteiger partial charge in [-0.3, -0.25) is 4.79 Å². The van der Waals surface area contributed by atoms with Crippen molar-refractivity contribution in [1.82, 2.24) is 0 Å². The van der Waals surface area contributed by atoms with E-state index in [1.165, 1.54) is 0 Å². The van der Waals surface area contributed by atoms with Gasteiger partial charge in [-0.2, -0.15) is 0 Å². The van der Waals surface area contributed by atoms with Crippen LogP contribution in [0, 0.1) is 0 Å².